The quantitative estimate of drug-likeness (QED) is 0.346. The smallest absolute Gasteiger partial charge is 0.00385 e. The summed E-state index contributed by atoms with van der Waals surface area (Å²) in [5, 5.41) is 3.53. The fraction of sp³-hybridized carbons (Fsp3) is 1.00. The second-order valence-corrected chi connectivity index (χ2v) is 9.32. The molecule has 0 aliphatic carbocycles. The molecule has 0 atom stereocenters. The van der Waals surface area contributed by atoms with Crippen molar-refractivity contribution in [1.29, 1.82) is 0 Å². The summed E-state index contributed by atoms with van der Waals surface area (Å²) in [6.45, 7) is 24.6. The standard InChI is InChI=1S/C23H51N3/c1-20(2)14-9-10-16-25(22(5)6)17-11-12-18-26(23(7)8)19-13-15-24-21(3)4/h20-24H,9-19H2,1-8H3. The van der Waals surface area contributed by atoms with E-state index in [4.69, 9.17) is 0 Å². The Kier molecular flexibility index (Phi) is 15.8. The number of unbranched alkanes of at least 4 members (excludes halogenated alkanes) is 2. The molecule has 0 unspecified atom stereocenters. The Bertz CT molecular complexity index is 270. The Hall–Kier alpha value is -0.120. The molecular weight excluding hydrogens is 318 g/mol. The van der Waals surface area contributed by atoms with E-state index in [-0.39, 0.29) is 0 Å². The van der Waals surface area contributed by atoms with Crippen molar-refractivity contribution in [2.24, 2.45) is 5.92 Å². The zero-order valence-electron chi connectivity index (χ0n) is 19.5. The highest BCUT2D eigenvalue weighted by molar-refractivity contribution is 4.67. The van der Waals surface area contributed by atoms with Gasteiger partial charge in [-0.15, -0.1) is 0 Å². The van der Waals surface area contributed by atoms with Gasteiger partial charge in [0.05, 0.1) is 0 Å². The van der Waals surface area contributed by atoms with E-state index >= 15 is 0 Å². The molecule has 0 amide bonds. The van der Waals surface area contributed by atoms with Gasteiger partial charge in [-0.1, -0.05) is 40.5 Å². The predicted octanol–water partition coefficient (Wildman–Crippen LogP) is 5.40. The van der Waals surface area contributed by atoms with Crippen LogP contribution in [0.25, 0.3) is 0 Å². The molecule has 0 aliphatic heterocycles. The minimum absolute atomic E-state index is 0.602. The highest BCUT2D eigenvalue weighted by Crippen LogP contribution is 2.10. The third-order valence-electron chi connectivity index (χ3n) is 5.25. The zero-order chi connectivity index (χ0) is 19.9. The highest BCUT2D eigenvalue weighted by Gasteiger charge is 2.11. The molecule has 158 valence electrons. The summed E-state index contributed by atoms with van der Waals surface area (Å²) in [6.07, 6.45) is 8.02. The van der Waals surface area contributed by atoms with Crippen molar-refractivity contribution in [3.05, 3.63) is 0 Å². The van der Waals surface area contributed by atoms with E-state index in [9.17, 15) is 0 Å². The molecule has 0 saturated heterocycles. The van der Waals surface area contributed by atoms with E-state index < -0.39 is 0 Å². The number of rotatable bonds is 17. The van der Waals surface area contributed by atoms with E-state index in [1.54, 1.807) is 0 Å². The van der Waals surface area contributed by atoms with Crippen LogP contribution < -0.4 is 5.32 Å². The topological polar surface area (TPSA) is 18.5 Å². The van der Waals surface area contributed by atoms with E-state index in [1.165, 1.54) is 64.7 Å². The maximum absolute atomic E-state index is 3.53. The lowest BCUT2D eigenvalue weighted by molar-refractivity contribution is 0.189. The van der Waals surface area contributed by atoms with Crippen LogP contribution in [-0.4, -0.2) is 60.6 Å². The van der Waals surface area contributed by atoms with E-state index in [0.717, 1.165) is 12.5 Å². The van der Waals surface area contributed by atoms with Gasteiger partial charge in [0.2, 0.25) is 0 Å². The van der Waals surface area contributed by atoms with Crippen molar-refractivity contribution in [2.45, 2.75) is 112 Å². The fourth-order valence-electron chi connectivity index (χ4n) is 3.43. The largest absolute Gasteiger partial charge is 0.314 e. The van der Waals surface area contributed by atoms with Crippen LogP contribution in [0.4, 0.5) is 0 Å². The number of hydrogen-bond acceptors (Lipinski definition) is 3. The Morgan fingerprint density at radius 1 is 0.577 bits per heavy atom. The fourth-order valence-corrected chi connectivity index (χ4v) is 3.43. The number of nitrogens with one attached hydrogen (secondary N) is 1. The summed E-state index contributed by atoms with van der Waals surface area (Å²) in [7, 11) is 0. The molecule has 0 rings (SSSR count). The van der Waals surface area contributed by atoms with Crippen molar-refractivity contribution in [1.82, 2.24) is 15.1 Å². The molecule has 0 aromatic rings. The summed E-state index contributed by atoms with van der Waals surface area (Å²) in [5.74, 6) is 0.847. The first-order chi connectivity index (χ1) is 12.2. The Morgan fingerprint density at radius 2 is 1.00 bits per heavy atom. The molecule has 1 N–H and O–H groups in total. The van der Waals surface area contributed by atoms with Gasteiger partial charge in [0, 0.05) is 18.1 Å². The third kappa shape index (κ3) is 15.0. The van der Waals surface area contributed by atoms with Gasteiger partial charge in [-0.3, -0.25) is 0 Å². The van der Waals surface area contributed by atoms with Gasteiger partial charge in [0.25, 0.3) is 0 Å². The van der Waals surface area contributed by atoms with Crippen LogP contribution in [0.15, 0.2) is 0 Å². The Labute approximate surface area is 166 Å². The lowest BCUT2D eigenvalue weighted by Gasteiger charge is -2.29. The van der Waals surface area contributed by atoms with Gasteiger partial charge >= 0.3 is 0 Å². The minimum atomic E-state index is 0.602. The van der Waals surface area contributed by atoms with Crippen LogP contribution in [0.5, 0.6) is 0 Å². The van der Waals surface area contributed by atoms with Crippen molar-refractivity contribution < 1.29 is 0 Å². The average Bonchev–Trinajstić information content (AvgIpc) is 2.53. The lowest BCUT2D eigenvalue weighted by Crippen LogP contribution is -2.36. The summed E-state index contributed by atoms with van der Waals surface area (Å²) in [4.78, 5) is 5.34. The highest BCUT2D eigenvalue weighted by atomic mass is 15.2. The molecule has 0 fully saturated rings. The van der Waals surface area contributed by atoms with Gasteiger partial charge in [0.1, 0.15) is 0 Å². The summed E-state index contributed by atoms with van der Waals surface area (Å²) < 4.78 is 0. The zero-order valence-corrected chi connectivity index (χ0v) is 19.5. The van der Waals surface area contributed by atoms with E-state index in [1.807, 2.05) is 0 Å². The second-order valence-electron chi connectivity index (χ2n) is 9.32. The average molecular weight is 370 g/mol. The summed E-state index contributed by atoms with van der Waals surface area (Å²) in [5.41, 5.74) is 0. The van der Waals surface area contributed by atoms with E-state index in [2.05, 4.69) is 70.5 Å². The molecular formula is C23H51N3. The molecule has 0 spiro atoms. The molecule has 26 heavy (non-hydrogen) atoms. The molecule has 0 bridgehead atoms. The van der Waals surface area contributed by atoms with Gasteiger partial charge in [-0.2, -0.15) is 0 Å². The van der Waals surface area contributed by atoms with Gasteiger partial charge in [-0.25, -0.2) is 0 Å². The van der Waals surface area contributed by atoms with Crippen LogP contribution in [0.3, 0.4) is 0 Å². The van der Waals surface area contributed by atoms with Crippen molar-refractivity contribution in [3.8, 4) is 0 Å². The van der Waals surface area contributed by atoms with Gasteiger partial charge in [-0.05, 0) is 92.0 Å². The Balaban J connectivity index is 3.98. The van der Waals surface area contributed by atoms with Crippen LogP contribution in [0.1, 0.15) is 93.9 Å². The molecule has 3 nitrogen and oxygen atoms in total. The van der Waals surface area contributed by atoms with Crippen LogP contribution >= 0.6 is 0 Å². The van der Waals surface area contributed by atoms with Crippen LogP contribution in [-0.2, 0) is 0 Å². The number of nitrogens with zero attached hydrogens (tertiary/aromatic N) is 2. The van der Waals surface area contributed by atoms with Crippen LogP contribution in [0, 0.1) is 5.92 Å². The second kappa shape index (κ2) is 15.9. The first kappa shape index (κ1) is 25.9. The SMILES string of the molecule is CC(C)CCCCN(CCCCN(CCCNC(C)C)C(C)C)C(C)C. The van der Waals surface area contributed by atoms with Gasteiger partial charge in [0.15, 0.2) is 0 Å². The lowest BCUT2D eigenvalue weighted by atomic mass is 10.1. The molecule has 0 radical (unpaired) electrons. The Morgan fingerprint density at radius 3 is 1.38 bits per heavy atom. The van der Waals surface area contributed by atoms with Crippen molar-refractivity contribution >= 4 is 0 Å². The van der Waals surface area contributed by atoms with Gasteiger partial charge < -0.3 is 15.1 Å². The molecule has 0 aromatic heterocycles. The van der Waals surface area contributed by atoms with Crippen molar-refractivity contribution in [2.75, 3.05) is 32.7 Å². The number of hydrogen-bond donors (Lipinski definition) is 1. The predicted molar refractivity (Wildman–Crippen MR) is 119 cm³/mol. The molecule has 0 aromatic carbocycles. The first-order valence-corrected chi connectivity index (χ1v) is 11.5. The van der Waals surface area contributed by atoms with Crippen LogP contribution in [0.2, 0.25) is 0 Å². The normalized spacial score (nSPS) is 12.7. The minimum Gasteiger partial charge on any atom is -0.314 e. The molecule has 0 aliphatic rings. The molecule has 0 heterocycles. The first-order valence-electron chi connectivity index (χ1n) is 11.5. The maximum atomic E-state index is 3.53. The van der Waals surface area contributed by atoms with E-state index in [0.29, 0.717) is 18.1 Å². The molecule has 3 heteroatoms. The summed E-state index contributed by atoms with van der Waals surface area (Å²) in [6, 6.07) is 1.94. The summed E-state index contributed by atoms with van der Waals surface area (Å²) >= 11 is 0. The van der Waals surface area contributed by atoms with Crippen molar-refractivity contribution in [3.63, 3.8) is 0 Å². The third-order valence-corrected chi connectivity index (χ3v) is 5.25. The molecule has 0 saturated carbocycles. The maximum Gasteiger partial charge on any atom is 0.00385 e. The monoisotopic (exact) mass is 369 g/mol.